The van der Waals surface area contributed by atoms with Crippen LogP contribution in [0.15, 0.2) is 0 Å². The van der Waals surface area contributed by atoms with Gasteiger partial charge in [-0.15, -0.1) is 0 Å². The molecule has 0 atom stereocenters. The van der Waals surface area contributed by atoms with Crippen LogP contribution in [0.1, 0.15) is 142 Å². The van der Waals surface area contributed by atoms with E-state index in [9.17, 15) is 9.59 Å². The van der Waals surface area contributed by atoms with Crippen LogP contribution in [0.25, 0.3) is 0 Å². The monoisotopic (exact) mass is 455 g/mol. The first-order valence-corrected chi connectivity index (χ1v) is 13.4. The minimum absolute atomic E-state index is 0.0409. The molecule has 0 aromatic rings. The highest BCUT2D eigenvalue weighted by atomic mass is 32.1. The van der Waals surface area contributed by atoms with E-state index in [1.807, 2.05) is 0 Å². The zero-order chi connectivity index (χ0) is 23.2. The lowest BCUT2D eigenvalue weighted by atomic mass is 10.1. The summed E-state index contributed by atoms with van der Waals surface area (Å²) in [6, 6.07) is 0. The Labute approximate surface area is 197 Å². The van der Waals surface area contributed by atoms with E-state index in [1.54, 1.807) is 0 Å². The highest BCUT2D eigenvalue weighted by molar-refractivity contribution is 7.80. The molecule has 0 spiro atoms. The van der Waals surface area contributed by atoms with Gasteiger partial charge in [-0.25, -0.2) is 0 Å². The molecule has 0 bridgehead atoms. The molecule has 2 amide bonds. The van der Waals surface area contributed by atoms with Crippen LogP contribution in [0.5, 0.6) is 0 Å². The average molecular weight is 456 g/mol. The van der Waals surface area contributed by atoms with Gasteiger partial charge in [-0.2, -0.15) is 5.01 Å². The van der Waals surface area contributed by atoms with Crippen molar-refractivity contribution in [2.45, 2.75) is 142 Å². The molecule has 0 saturated heterocycles. The van der Waals surface area contributed by atoms with Crippen molar-refractivity contribution < 1.29 is 9.59 Å². The van der Waals surface area contributed by atoms with Crippen LogP contribution >= 0.6 is 12.2 Å². The molecule has 0 aliphatic heterocycles. The van der Waals surface area contributed by atoms with Crippen molar-refractivity contribution >= 4 is 29.1 Å². The number of carbonyl (C=O) groups is 2. The number of carbonyl (C=O) groups excluding carboxylic acids is 2. The van der Waals surface area contributed by atoms with Crippen molar-refractivity contribution in [1.29, 1.82) is 0 Å². The van der Waals surface area contributed by atoms with E-state index in [0.29, 0.717) is 12.8 Å². The zero-order valence-electron chi connectivity index (χ0n) is 20.4. The predicted molar refractivity (Wildman–Crippen MR) is 135 cm³/mol. The molecule has 31 heavy (non-hydrogen) atoms. The van der Waals surface area contributed by atoms with Crippen molar-refractivity contribution in [3.05, 3.63) is 0 Å². The van der Waals surface area contributed by atoms with Crippen molar-refractivity contribution in [2.24, 2.45) is 5.73 Å². The third-order valence-corrected chi connectivity index (χ3v) is 5.80. The molecule has 5 nitrogen and oxygen atoms in total. The number of amides is 2. The Bertz CT molecular complexity index is 438. The normalized spacial score (nSPS) is 10.8. The van der Waals surface area contributed by atoms with Gasteiger partial charge in [-0.3, -0.25) is 15.0 Å². The molecule has 0 saturated carbocycles. The summed E-state index contributed by atoms with van der Waals surface area (Å²) in [6.07, 6.45) is 22.1. The molecular formula is C25H49N3O2S. The molecule has 0 heterocycles. The smallest absolute Gasteiger partial charge is 0.248 e. The maximum Gasteiger partial charge on any atom is 0.248 e. The maximum atomic E-state index is 12.5. The van der Waals surface area contributed by atoms with Crippen LogP contribution in [-0.2, 0) is 9.59 Å². The van der Waals surface area contributed by atoms with Crippen molar-refractivity contribution in [3.63, 3.8) is 0 Å². The van der Waals surface area contributed by atoms with Crippen molar-refractivity contribution in [3.8, 4) is 0 Å². The standard InChI is InChI=1S/C25H49N3O2S/c1-3-5-7-9-11-13-15-17-19-21-23(29)28(27-25(26)31)24(30)22-20-18-16-14-12-10-8-6-4-2/h3-22H2,1-2H3,(H3,26,27,31). The molecule has 0 aliphatic carbocycles. The lowest BCUT2D eigenvalue weighted by Crippen LogP contribution is -2.51. The van der Waals surface area contributed by atoms with Crippen LogP contribution < -0.4 is 11.2 Å². The van der Waals surface area contributed by atoms with Crippen LogP contribution in [0.4, 0.5) is 0 Å². The molecule has 182 valence electrons. The zero-order valence-corrected chi connectivity index (χ0v) is 21.2. The third kappa shape index (κ3) is 19.3. The summed E-state index contributed by atoms with van der Waals surface area (Å²) >= 11 is 4.86. The van der Waals surface area contributed by atoms with Gasteiger partial charge in [0.05, 0.1) is 0 Å². The third-order valence-electron chi connectivity index (χ3n) is 5.71. The molecule has 0 rings (SSSR count). The highest BCUT2D eigenvalue weighted by Crippen LogP contribution is 2.13. The average Bonchev–Trinajstić information content (AvgIpc) is 2.74. The number of imide groups is 1. The fourth-order valence-corrected chi connectivity index (χ4v) is 3.86. The second kappa shape index (κ2) is 22.0. The Balaban J connectivity index is 3.98. The molecule has 0 aromatic heterocycles. The first-order chi connectivity index (χ1) is 15.0. The second-order valence-electron chi connectivity index (χ2n) is 8.76. The fourth-order valence-electron chi connectivity index (χ4n) is 3.77. The van der Waals surface area contributed by atoms with Gasteiger partial charge in [0.25, 0.3) is 0 Å². The van der Waals surface area contributed by atoms with Gasteiger partial charge in [-0.1, -0.05) is 117 Å². The van der Waals surface area contributed by atoms with Gasteiger partial charge in [0, 0.05) is 12.8 Å². The summed E-state index contributed by atoms with van der Waals surface area (Å²) in [5, 5.41) is 1.01. The van der Waals surface area contributed by atoms with Crippen molar-refractivity contribution in [2.75, 3.05) is 0 Å². The SMILES string of the molecule is CCCCCCCCCCCC(=O)N(NC(N)=S)C(=O)CCCCCCCCCCC. The fraction of sp³-hybridized carbons (Fsp3) is 0.880. The molecule has 3 N–H and O–H groups in total. The van der Waals surface area contributed by atoms with Gasteiger partial charge in [0.2, 0.25) is 11.8 Å². The van der Waals surface area contributed by atoms with Gasteiger partial charge in [0.1, 0.15) is 0 Å². The summed E-state index contributed by atoms with van der Waals surface area (Å²) in [7, 11) is 0. The van der Waals surface area contributed by atoms with E-state index in [0.717, 1.165) is 43.5 Å². The Hall–Kier alpha value is -1.17. The minimum atomic E-state index is -0.225. The van der Waals surface area contributed by atoms with Crippen LogP contribution in [0, 0.1) is 0 Å². The van der Waals surface area contributed by atoms with Gasteiger partial charge in [0.15, 0.2) is 5.11 Å². The summed E-state index contributed by atoms with van der Waals surface area (Å²) in [5.41, 5.74) is 8.12. The Morgan fingerprint density at radius 1 is 0.613 bits per heavy atom. The van der Waals surface area contributed by atoms with Crippen LogP contribution in [0.3, 0.4) is 0 Å². The topological polar surface area (TPSA) is 75.4 Å². The van der Waals surface area contributed by atoms with E-state index in [2.05, 4.69) is 19.3 Å². The molecule has 0 unspecified atom stereocenters. The van der Waals surface area contributed by atoms with Gasteiger partial charge < -0.3 is 5.73 Å². The number of nitrogens with zero attached hydrogens (tertiary/aromatic N) is 1. The van der Waals surface area contributed by atoms with E-state index in [1.165, 1.54) is 77.0 Å². The second-order valence-corrected chi connectivity index (χ2v) is 9.20. The Morgan fingerprint density at radius 2 is 0.903 bits per heavy atom. The summed E-state index contributed by atoms with van der Waals surface area (Å²) in [5.74, 6) is -0.451. The van der Waals surface area contributed by atoms with Gasteiger partial charge >= 0.3 is 0 Å². The molecule has 6 heteroatoms. The van der Waals surface area contributed by atoms with Crippen LogP contribution in [0.2, 0.25) is 0 Å². The van der Waals surface area contributed by atoms with E-state index in [4.69, 9.17) is 18.0 Å². The summed E-state index contributed by atoms with van der Waals surface area (Å²) < 4.78 is 0. The van der Waals surface area contributed by atoms with E-state index in [-0.39, 0.29) is 16.9 Å². The first kappa shape index (κ1) is 29.8. The first-order valence-electron chi connectivity index (χ1n) is 12.9. The number of hydrogen-bond donors (Lipinski definition) is 2. The number of nitrogens with one attached hydrogen (secondary N) is 1. The molecule has 0 radical (unpaired) electrons. The molecule has 0 aliphatic rings. The molecular weight excluding hydrogens is 406 g/mol. The van der Waals surface area contributed by atoms with Crippen LogP contribution in [-0.4, -0.2) is 21.9 Å². The number of unbranched alkanes of at least 4 members (excludes halogenated alkanes) is 16. The van der Waals surface area contributed by atoms with E-state index < -0.39 is 0 Å². The summed E-state index contributed by atoms with van der Waals surface area (Å²) in [6.45, 7) is 4.46. The van der Waals surface area contributed by atoms with Gasteiger partial charge in [-0.05, 0) is 25.1 Å². The Morgan fingerprint density at radius 3 is 1.19 bits per heavy atom. The molecule has 0 aromatic carbocycles. The number of nitrogens with two attached hydrogens (primary N) is 1. The number of hydrogen-bond acceptors (Lipinski definition) is 3. The number of hydrazine groups is 1. The van der Waals surface area contributed by atoms with E-state index >= 15 is 0 Å². The Kier molecular flexibility index (Phi) is 21.2. The maximum absolute atomic E-state index is 12.5. The minimum Gasteiger partial charge on any atom is -0.375 e. The quantitative estimate of drug-likeness (QED) is 0.118. The largest absolute Gasteiger partial charge is 0.375 e. The van der Waals surface area contributed by atoms with Crippen molar-refractivity contribution in [1.82, 2.24) is 10.4 Å². The number of rotatable bonds is 20. The summed E-state index contributed by atoms with van der Waals surface area (Å²) in [4.78, 5) is 25.0. The number of thiocarbonyl (C=S) groups is 1. The molecule has 0 fully saturated rings. The predicted octanol–water partition coefficient (Wildman–Crippen LogP) is 6.93. The lowest BCUT2D eigenvalue weighted by molar-refractivity contribution is -0.147. The highest BCUT2D eigenvalue weighted by Gasteiger charge is 2.21. The lowest BCUT2D eigenvalue weighted by Gasteiger charge is -2.21.